The van der Waals surface area contributed by atoms with Crippen molar-refractivity contribution in [2.45, 2.75) is 65.3 Å². The zero-order valence-electron chi connectivity index (χ0n) is 22.2. The maximum atomic E-state index is 12.3. The fraction of sp³-hybridized carbons (Fsp3) is 0.870. The van der Waals surface area contributed by atoms with Crippen LogP contribution in [-0.2, 0) is 32.3 Å². The molecule has 1 amide bonds. The van der Waals surface area contributed by atoms with Crippen LogP contribution in [0.25, 0.3) is 0 Å². The minimum absolute atomic E-state index is 0.0724. The summed E-state index contributed by atoms with van der Waals surface area (Å²) in [6.45, 7) is 7.22. The topological polar surface area (TPSA) is 109 Å². The molecule has 0 bridgehead atoms. The Morgan fingerprint density at radius 3 is 2.09 bits per heavy atom. The third-order valence-electron chi connectivity index (χ3n) is 6.45. The number of thiol groups is 1. The molecule has 0 spiro atoms. The second-order valence-electron chi connectivity index (χ2n) is 8.20. The van der Waals surface area contributed by atoms with Crippen molar-refractivity contribution < 1.29 is 37.1 Å². The van der Waals surface area contributed by atoms with E-state index in [4.69, 9.17) is 22.8 Å². The lowest BCUT2D eigenvalue weighted by molar-refractivity contribution is -0.154. The Balaban J connectivity index is 4.41. The van der Waals surface area contributed by atoms with E-state index < -0.39 is 8.80 Å². The van der Waals surface area contributed by atoms with Crippen molar-refractivity contribution in [2.75, 3.05) is 52.6 Å². The largest absolute Gasteiger partial charge is 0.500 e. The summed E-state index contributed by atoms with van der Waals surface area (Å²) in [5, 5.41) is 2.62. The van der Waals surface area contributed by atoms with E-state index in [1.807, 2.05) is 6.92 Å². The molecule has 0 aliphatic rings. The Kier molecular flexibility index (Phi) is 18.9. The number of carbonyl (C=O) groups excluding carboxylic acids is 3. The molecule has 0 aromatic heterocycles. The van der Waals surface area contributed by atoms with Crippen molar-refractivity contribution in [1.29, 1.82) is 0 Å². The van der Waals surface area contributed by atoms with Crippen LogP contribution < -0.4 is 5.32 Å². The molecular weight excluding hydrogens is 510 g/mol. The summed E-state index contributed by atoms with van der Waals surface area (Å²) in [6.07, 6.45) is 3.51. The first-order valence-corrected chi connectivity index (χ1v) is 15.7. The molecule has 0 aliphatic carbocycles. The third kappa shape index (κ3) is 12.8. The lowest BCUT2D eigenvalue weighted by Crippen LogP contribution is -2.43. The van der Waals surface area contributed by atoms with Crippen LogP contribution in [0.2, 0.25) is 6.04 Å². The minimum Gasteiger partial charge on any atom is -0.465 e. The Labute approximate surface area is 221 Å². The van der Waals surface area contributed by atoms with Crippen LogP contribution in [0, 0.1) is 11.3 Å². The van der Waals surface area contributed by atoms with E-state index in [2.05, 4.69) is 31.8 Å². The Morgan fingerprint density at radius 2 is 1.57 bits per heavy atom. The van der Waals surface area contributed by atoms with Gasteiger partial charge in [0.1, 0.15) is 0 Å². The van der Waals surface area contributed by atoms with Crippen LogP contribution in [0.4, 0.5) is 4.79 Å². The van der Waals surface area contributed by atoms with Crippen molar-refractivity contribution in [2.24, 2.45) is 11.3 Å². The van der Waals surface area contributed by atoms with Crippen LogP contribution in [0.3, 0.4) is 0 Å². The highest BCUT2D eigenvalue weighted by Gasteiger charge is 2.37. The standard InChI is InChI=1S/C23H45NO8S2Si/c1-7-19(23(8-2,9-3)18-32-20(25)11-14-33)17-31-21(26)12-15-34-22(27)24-13-10-16-35(28-4,29-5)30-6/h19,33H,7-18H2,1-6H3,(H,24,27). The van der Waals surface area contributed by atoms with Crippen LogP contribution in [0.5, 0.6) is 0 Å². The van der Waals surface area contributed by atoms with Crippen molar-refractivity contribution in [1.82, 2.24) is 5.32 Å². The lowest BCUT2D eigenvalue weighted by Gasteiger charge is -2.38. The van der Waals surface area contributed by atoms with Gasteiger partial charge in [-0.05, 0) is 25.7 Å². The summed E-state index contributed by atoms with van der Waals surface area (Å²) in [6, 6.07) is 0.595. The summed E-state index contributed by atoms with van der Waals surface area (Å²) in [4.78, 5) is 36.1. The zero-order valence-corrected chi connectivity index (χ0v) is 24.9. The van der Waals surface area contributed by atoms with Gasteiger partial charge in [0.25, 0.3) is 5.24 Å². The van der Waals surface area contributed by atoms with E-state index in [1.165, 1.54) is 0 Å². The third-order valence-corrected chi connectivity index (χ3v) is 10.3. The first kappa shape index (κ1) is 34.2. The van der Waals surface area contributed by atoms with Gasteiger partial charge in [0.05, 0.1) is 26.1 Å². The molecule has 1 unspecified atom stereocenters. The molecular formula is C23H45NO8S2Si. The number of hydrogen-bond acceptors (Lipinski definition) is 10. The van der Waals surface area contributed by atoms with Gasteiger partial charge >= 0.3 is 20.7 Å². The molecule has 0 aromatic carbocycles. The molecule has 0 heterocycles. The van der Waals surface area contributed by atoms with Gasteiger partial charge in [-0.1, -0.05) is 32.5 Å². The zero-order chi connectivity index (χ0) is 26.7. The number of ether oxygens (including phenoxy) is 2. The first-order chi connectivity index (χ1) is 16.7. The van der Waals surface area contributed by atoms with E-state index in [9.17, 15) is 14.4 Å². The van der Waals surface area contributed by atoms with E-state index in [0.29, 0.717) is 37.1 Å². The predicted octanol–water partition coefficient (Wildman–Crippen LogP) is 4.33. The molecule has 35 heavy (non-hydrogen) atoms. The maximum Gasteiger partial charge on any atom is 0.500 e. The Bertz CT molecular complexity index is 610. The van der Waals surface area contributed by atoms with Crippen LogP contribution in [0.15, 0.2) is 0 Å². The van der Waals surface area contributed by atoms with Crippen molar-refractivity contribution >= 4 is 50.4 Å². The maximum absolute atomic E-state index is 12.3. The molecule has 0 saturated carbocycles. The summed E-state index contributed by atoms with van der Waals surface area (Å²) in [5.41, 5.74) is -0.245. The minimum atomic E-state index is -2.63. The number of nitrogens with one attached hydrogen (secondary N) is 1. The highest BCUT2D eigenvalue weighted by molar-refractivity contribution is 8.13. The molecule has 0 radical (unpaired) electrons. The fourth-order valence-electron chi connectivity index (χ4n) is 3.86. The second-order valence-corrected chi connectivity index (χ2v) is 12.8. The summed E-state index contributed by atoms with van der Waals surface area (Å²) in [5.74, 6) is 0.261. The van der Waals surface area contributed by atoms with E-state index in [1.54, 1.807) is 21.3 Å². The van der Waals surface area contributed by atoms with Crippen LogP contribution in [-0.4, -0.2) is 78.6 Å². The number of esters is 2. The van der Waals surface area contributed by atoms with Gasteiger partial charge in [0, 0.05) is 56.8 Å². The Morgan fingerprint density at radius 1 is 0.971 bits per heavy atom. The molecule has 0 fully saturated rings. The van der Waals surface area contributed by atoms with E-state index >= 15 is 0 Å². The number of hydrogen-bond donors (Lipinski definition) is 2. The number of rotatable bonds is 20. The second kappa shape index (κ2) is 19.3. The molecule has 0 saturated heterocycles. The fourth-order valence-corrected chi connectivity index (χ4v) is 6.42. The lowest BCUT2D eigenvalue weighted by atomic mass is 9.71. The SMILES string of the molecule is CCC(COC(=O)CCSC(=O)NCCC[Si](OC)(OC)OC)C(CC)(CC)COC(=O)CCS. The quantitative estimate of drug-likeness (QED) is 0.0982. The van der Waals surface area contributed by atoms with E-state index in [-0.39, 0.29) is 48.0 Å². The monoisotopic (exact) mass is 555 g/mol. The van der Waals surface area contributed by atoms with Gasteiger partial charge in [-0.2, -0.15) is 12.6 Å². The predicted molar refractivity (Wildman–Crippen MR) is 144 cm³/mol. The molecule has 1 N–H and O–H groups in total. The van der Waals surface area contributed by atoms with E-state index in [0.717, 1.165) is 31.0 Å². The summed E-state index contributed by atoms with van der Waals surface area (Å²) in [7, 11) is 2.03. The van der Waals surface area contributed by atoms with Crippen molar-refractivity contribution in [3.05, 3.63) is 0 Å². The Hall–Kier alpha value is -0.793. The average molecular weight is 556 g/mol. The normalized spacial score (nSPS) is 12.8. The highest BCUT2D eigenvalue weighted by Crippen LogP contribution is 2.38. The average Bonchev–Trinajstić information content (AvgIpc) is 2.87. The van der Waals surface area contributed by atoms with Crippen molar-refractivity contribution in [3.8, 4) is 0 Å². The van der Waals surface area contributed by atoms with Gasteiger partial charge in [0.2, 0.25) is 0 Å². The number of carbonyl (C=O) groups is 3. The molecule has 9 nitrogen and oxygen atoms in total. The molecule has 0 aromatic rings. The summed E-state index contributed by atoms with van der Waals surface area (Å²) >= 11 is 5.13. The molecule has 1 atom stereocenters. The molecule has 12 heteroatoms. The van der Waals surface area contributed by atoms with Gasteiger partial charge < -0.3 is 28.1 Å². The highest BCUT2D eigenvalue weighted by atomic mass is 32.2. The van der Waals surface area contributed by atoms with Crippen LogP contribution >= 0.6 is 24.4 Å². The number of thioether (sulfide) groups is 1. The summed E-state index contributed by atoms with van der Waals surface area (Å²) < 4.78 is 27.1. The smallest absolute Gasteiger partial charge is 0.465 e. The molecule has 206 valence electrons. The molecule has 0 rings (SSSR count). The number of amides is 1. The van der Waals surface area contributed by atoms with Gasteiger partial charge in [-0.3, -0.25) is 14.4 Å². The molecule has 0 aliphatic heterocycles. The van der Waals surface area contributed by atoms with Gasteiger partial charge in [-0.15, -0.1) is 0 Å². The van der Waals surface area contributed by atoms with Crippen molar-refractivity contribution in [3.63, 3.8) is 0 Å². The van der Waals surface area contributed by atoms with Crippen LogP contribution in [0.1, 0.15) is 59.3 Å². The first-order valence-electron chi connectivity index (χ1n) is 12.2. The van der Waals surface area contributed by atoms with Gasteiger partial charge in [-0.25, -0.2) is 0 Å². The van der Waals surface area contributed by atoms with Gasteiger partial charge in [0.15, 0.2) is 0 Å².